The SMILES string of the molecule is CCC(C)(n1cc[n+](C)c1)[n+]1cc[nH]c1.[Br-].[Br-]. The topological polar surface area (TPSA) is 28.5 Å². The molecule has 4 nitrogen and oxygen atoms in total. The van der Waals surface area contributed by atoms with E-state index in [1.165, 1.54) is 0 Å². The Bertz CT molecular complexity index is 438. The molecule has 2 aromatic heterocycles. The van der Waals surface area contributed by atoms with Gasteiger partial charge in [0.2, 0.25) is 18.3 Å². The Labute approximate surface area is 123 Å². The van der Waals surface area contributed by atoms with Gasteiger partial charge in [0.05, 0.1) is 7.05 Å². The van der Waals surface area contributed by atoms with Gasteiger partial charge in [-0.05, 0) is 0 Å². The highest BCUT2D eigenvalue weighted by Crippen LogP contribution is 2.14. The molecule has 1 atom stereocenters. The van der Waals surface area contributed by atoms with Crippen molar-refractivity contribution in [3.8, 4) is 0 Å². The molecule has 6 heteroatoms. The third kappa shape index (κ3) is 2.98. The van der Waals surface area contributed by atoms with E-state index in [-0.39, 0.29) is 39.6 Å². The van der Waals surface area contributed by atoms with E-state index in [0.29, 0.717) is 0 Å². The Balaban J connectivity index is 0.00000128. The fraction of sp³-hybridized carbons (Fsp3) is 0.455. The first-order valence-corrected chi connectivity index (χ1v) is 5.25. The predicted molar refractivity (Wildman–Crippen MR) is 55.9 cm³/mol. The number of hydrogen-bond donors (Lipinski definition) is 1. The van der Waals surface area contributed by atoms with Gasteiger partial charge in [-0.25, -0.2) is 4.57 Å². The Morgan fingerprint density at radius 2 is 2.00 bits per heavy atom. The molecule has 0 bridgehead atoms. The van der Waals surface area contributed by atoms with Crippen molar-refractivity contribution in [1.29, 1.82) is 0 Å². The highest BCUT2D eigenvalue weighted by atomic mass is 79.9. The molecule has 2 rings (SSSR count). The molecule has 0 radical (unpaired) electrons. The van der Waals surface area contributed by atoms with Gasteiger partial charge in [0, 0.05) is 13.3 Å². The average Bonchev–Trinajstić information content (AvgIpc) is 2.87. The molecule has 0 aromatic carbocycles. The molecule has 2 aromatic rings. The molecule has 0 spiro atoms. The summed E-state index contributed by atoms with van der Waals surface area (Å²) in [6, 6.07) is 0. The second kappa shape index (κ2) is 6.35. The van der Waals surface area contributed by atoms with Crippen molar-refractivity contribution in [3.05, 3.63) is 37.4 Å². The Morgan fingerprint density at radius 1 is 1.29 bits per heavy atom. The summed E-state index contributed by atoms with van der Waals surface area (Å²) in [4.78, 5) is 3.09. The molecule has 96 valence electrons. The van der Waals surface area contributed by atoms with E-state index in [0.717, 1.165) is 6.42 Å². The fourth-order valence-electron chi connectivity index (χ4n) is 1.82. The first-order valence-electron chi connectivity index (χ1n) is 5.25. The Hall–Kier alpha value is -0.620. The van der Waals surface area contributed by atoms with E-state index in [2.05, 4.69) is 57.5 Å². The van der Waals surface area contributed by atoms with Crippen LogP contribution in [0.5, 0.6) is 0 Å². The summed E-state index contributed by atoms with van der Waals surface area (Å²) >= 11 is 0. The second-order valence-electron chi connectivity index (χ2n) is 4.08. The van der Waals surface area contributed by atoms with Crippen LogP contribution in [0, 0.1) is 0 Å². The van der Waals surface area contributed by atoms with Gasteiger partial charge in [-0.2, -0.15) is 9.13 Å². The first-order chi connectivity index (χ1) is 7.16. The molecule has 1 unspecified atom stereocenters. The van der Waals surface area contributed by atoms with Gasteiger partial charge in [0.15, 0.2) is 0 Å². The number of hydrogen-bond acceptors (Lipinski definition) is 0. The number of H-pyrrole nitrogens is 1. The summed E-state index contributed by atoms with van der Waals surface area (Å²) in [6.07, 6.45) is 13.3. The lowest BCUT2D eigenvalue weighted by atomic mass is 10.1. The van der Waals surface area contributed by atoms with E-state index < -0.39 is 0 Å². The quantitative estimate of drug-likeness (QED) is 0.526. The van der Waals surface area contributed by atoms with Crippen LogP contribution >= 0.6 is 0 Å². The van der Waals surface area contributed by atoms with Crippen LogP contribution in [0.1, 0.15) is 20.3 Å². The zero-order valence-electron chi connectivity index (χ0n) is 10.3. The fourth-order valence-corrected chi connectivity index (χ4v) is 1.82. The summed E-state index contributed by atoms with van der Waals surface area (Å²) in [6.45, 7) is 4.42. The molecule has 0 aliphatic heterocycles. The number of nitrogens with zero attached hydrogens (tertiary/aromatic N) is 3. The Kier molecular flexibility index (Phi) is 6.12. The van der Waals surface area contributed by atoms with Crippen molar-refractivity contribution in [2.24, 2.45) is 7.05 Å². The van der Waals surface area contributed by atoms with Crippen LogP contribution < -0.4 is 43.1 Å². The lowest BCUT2D eigenvalue weighted by Gasteiger charge is -2.20. The van der Waals surface area contributed by atoms with E-state index in [1.807, 2.05) is 19.6 Å². The number of rotatable bonds is 3. The van der Waals surface area contributed by atoms with E-state index in [9.17, 15) is 0 Å². The van der Waals surface area contributed by atoms with Crippen LogP contribution in [0.15, 0.2) is 37.4 Å². The average molecular weight is 366 g/mol. The van der Waals surface area contributed by atoms with Crippen molar-refractivity contribution in [1.82, 2.24) is 9.55 Å². The molecule has 0 fully saturated rings. The summed E-state index contributed by atoms with van der Waals surface area (Å²) in [5, 5.41) is 0. The van der Waals surface area contributed by atoms with Gasteiger partial charge in [0.1, 0.15) is 24.8 Å². The van der Waals surface area contributed by atoms with Gasteiger partial charge in [-0.1, -0.05) is 6.92 Å². The van der Waals surface area contributed by atoms with Crippen molar-refractivity contribution in [2.45, 2.75) is 25.9 Å². The van der Waals surface area contributed by atoms with Crippen LogP contribution in [0.4, 0.5) is 0 Å². The van der Waals surface area contributed by atoms with Crippen molar-refractivity contribution in [3.63, 3.8) is 0 Å². The third-order valence-electron chi connectivity index (χ3n) is 3.10. The van der Waals surface area contributed by atoms with Crippen LogP contribution in [0.3, 0.4) is 0 Å². The van der Waals surface area contributed by atoms with Crippen molar-refractivity contribution >= 4 is 0 Å². The van der Waals surface area contributed by atoms with E-state index in [1.54, 1.807) is 0 Å². The minimum absolute atomic E-state index is 0. The van der Waals surface area contributed by atoms with Crippen LogP contribution in [-0.4, -0.2) is 9.55 Å². The molecule has 2 heterocycles. The minimum atomic E-state index is -0.0404. The number of aromatic nitrogens is 4. The number of aromatic amines is 1. The molecule has 0 saturated heterocycles. The van der Waals surface area contributed by atoms with Crippen LogP contribution in [0.25, 0.3) is 0 Å². The highest BCUT2D eigenvalue weighted by molar-refractivity contribution is 4.78. The number of nitrogens with one attached hydrogen (secondary N) is 1. The largest absolute Gasteiger partial charge is 1.00 e. The van der Waals surface area contributed by atoms with Gasteiger partial charge < -0.3 is 34.0 Å². The summed E-state index contributed by atoms with van der Waals surface area (Å²) in [7, 11) is 2.04. The van der Waals surface area contributed by atoms with Crippen LogP contribution in [0.2, 0.25) is 0 Å². The molecule has 0 saturated carbocycles. The van der Waals surface area contributed by atoms with Gasteiger partial charge in [-0.15, -0.1) is 0 Å². The number of aryl methyl sites for hydroxylation is 1. The molecule has 0 aliphatic carbocycles. The molecule has 1 N–H and O–H groups in total. The monoisotopic (exact) mass is 364 g/mol. The van der Waals surface area contributed by atoms with Crippen molar-refractivity contribution < 1.29 is 43.1 Å². The summed E-state index contributed by atoms with van der Waals surface area (Å²) in [5.74, 6) is 0. The highest BCUT2D eigenvalue weighted by Gasteiger charge is 2.35. The second-order valence-corrected chi connectivity index (χ2v) is 4.08. The molecule has 17 heavy (non-hydrogen) atoms. The zero-order valence-corrected chi connectivity index (χ0v) is 13.4. The summed E-state index contributed by atoms with van der Waals surface area (Å²) < 4.78 is 6.47. The smallest absolute Gasteiger partial charge is 0.249 e. The third-order valence-corrected chi connectivity index (χ3v) is 3.10. The van der Waals surface area contributed by atoms with E-state index >= 15 is 0 Å². The maximum absolute atomic E-state index is 3.09. The van der Waals surface area contributed by atoms with Gasteiger partial charge >= 0.3 is 0 Å². The first kappa shape index (κ1) is 16.4. The molecular formula is C11H18Br2N4. The predicted octanol–water partition coefficient (Wildman–Crippen LogP) is -5.43. The molecular weight excluding hydrogens is 348 g/mol. The van der Waals surface area contributed by atoms with E-state index in [4.69, 9.17) is 0 Å². The van der Waals surface area contributed by atoms with Crippen molar-refractivity contribution in [2.75, 3.05) is 0 Å². The maximum Gasteiger partial charge on any atom is 0.249 e. The lowest BCUT2D eigenvalue weighted by Crippen LogP contribution is -3.00. The lowest BCUT2D eigenvalue weighted by molar-refractivity contribution is -0.769. The van der Waals surface area contributed by atoms with Crippen LogP contribution in [-0.2, 0) is 12.7 Å². The van der Waals surface area contributed by atoms with Gasteiger partial charge in [-0.3, -0.25) is 4.98 Å². The molecule has 0 amide bonds. The summed E-state index contributed by atoms with van der Waals surface area (Å²) in [5.41, 5.74) is -0.0404. The maximum atomic E-state index is 3.09. The normalized spacial score (nSPS) is 13.4. The zero-order chi connectivity index (χ0) is 10.9. The van der Waals surface area contributed by atoms with Gasteiger partial charge in [0.25, 0.3) is 0 Å². The number of imidazole rings is 2. The minimum Gasteiger partial charge on any atom is -1.00 e. The standard InChI is InChI=1S/C11H17N4.2BrH/c1-4-11(2,14-6-5-12-9-14)15-8-7-13(3)10-15;;/h5-10H,4H2,1-3H3;2*1H/q+1;;/p-1. The number of halogens is 2. The molecule has 0 aliphatic rings. The Morgan fingerprint density at radius 3 is 2.41 bits per heavy atom.